The third-order valence-electron chi connectivity index (χ3n) is 4.88. The fraction of sp³-hybridized carbons (Fsp3) is 0.0769. The Morgan fingerprint density at radius 2 is 1.54 bits per heavy atom. The number of pyridine rings is 1. The Morgan fingerprint density at radius 1 is 0.786 bits per heavy atom. The van der Waals surface area contributed by atoms with Gasteiger partial charge in [-0.25, -0.2) is 0 Å². The lowest BCUT2D eigenvalue weighted by atomic mass is 9.93. The number of ketones is 1. The molecule has 0 aliphatic heterocycles. The maximum absolute atomic E-state index is 12.9. The lowest BCUT2D eigenvalue weighted by molar-refractivity contribution is 0.0993. The first kappa shape index (κ1) is 17.9. The molecule has 0 atom stereocenters. The minimum Gasteiger partial charge on any atom is -0.294 e. The van der Waals surface area contributed by atoms with Gasteiger partial charge in [-0.15, -0.1) is 0 Å². The van der Waals surface area contributed by atoms with Crippen LogP contribution in [0.5, 0.6) is 0 Å². The van der Waals surface area contributed by atoms with Crippen LogP contribution in [0, 0.1) is 6.92 Å². The summed E-state index contributed by atoms with van der Waals surface area (Å²) in [5, 5.41) is 0. The van der Waals surface area contributed by atoms with Gasteiger partial charge in [0.15, 0.2) is 5.78 Å². The molecule has 0 radical (unpaired) electrons. The second-order valence-electron chi connectivity index (χ2n) is 6.92. The van der Waals surface area contributed by atoms with Crippen LogP contribution in [0.4, 0.5) is 0 Å². The topological polar surface area (TPSA) is 30.0 Å². The molecule has 1 aromatic heterocycles. The number of nitrogens with zero attached hydrogens (tertiary/aromatic N) is 1. The van der Waals surface area contributed by atoms with Crippen molar-refractivity contribution in [1.29, 1.82) is 0 Å². The lowest BCUT2D eigenvalue weighted by Gasteiger charge is -2.12. The van der Waals surface area contributed by atoms with E-state index in [0.717, 1.165) is 39.1 Å². The van der Waals surface area contributed by atoms with Crippen molar-refractivity contribution in [2.24, 2.45) is 0 Å². The average Bonchev–Trinajstić information content (AvgIpc) is 2.75. The predicted molar refractivity (Wildman–Crippen MR) is 114 cm³/mol. The zero-order chi connectivity index (χ0) is 19.3. The van der Waals surface area contributed by atoms with Crippen molar-refractivity contribution >= 4 is 5.78 Å². The molecule has 3 aromatic carbocycles. The van der Waals surface area contributed by atoms with Gasteiger partial charge in [0.05, 0.1) is 5.69 Å². The first-order valence-corrected chi connectivity index (χ1v) is 9.40. The number of aryl methyl sites for hydroxylation is 1. The number of Topliss-reactive ketones (excluding diaryl/α,β-unsaturated/α-hetero) is 1. The highest BCUT2D eigenvalue weighted by Crippen LogP contribution is 2.29. The van der Waals surface area contributed by atoms with Crippen molar-refractivity contribution in [3.8, 4) is 22.4 Å². The molecular formula is C26H21NO. The average molecular weight is 363 g/mol. The standard InChI is InChI=1S/C26H21NO/c1-19-10-12-21(13-11-19)26(28)18-23-17-22(20-7-3-2-4-8-20)14-15-24(23)25-9-5-6-16-27-25/h2-17H,18H2,1H3. The van der Waals surface area contributed by atoms with E-state index in [2.05, 4.69) is 35.3 Å². The maximum atomic E-state index is 12.9. The van der Waals surface area contributed by atoms with Crippen molar-refractivity contribution in [2.45, 2.75) is 13.3 Å². The van der Waals surface area contributed by atoms with E-state index in [1.807, 2.05) is 67.6 Å². The molecule has 4 rings (SSSR count). The fourth-order valence-electron chi connectivity index (χ4n) is 3.34. The normalized spacial score (nSPS) is 10.6. The van der Waals surface area contributed by atoms with E-state index in [1.54, 1.807) is 6.20 Å². The van der Waals surface area contributed by atoms with E-state index in [0.29, 0.717) is 6.42 Å². The first-order valence-electron chi connectivity index (χ1n) is 9.40. The Kier molecular flexibility index (Phi) is 5.11. The molecule has 2 nitrogen and oxygen atoms in total. The number of aromatic nitrogens is 1. The third kappa shape index (κ3) is 3.91. The molecular weight excluding hydrogens is 342 g/mol. The van der Waals surface area contributed by atoms with Crippen LogP contribution in [0.25, 0.3) is 22.4 Å². The van der Waals surface area contributed by atoms with Crippen molar-refractivity contribution in [1.82, 2.24) is 4.98 Å². The van der Waals surface area contributed by atoms with Crippen LogP contribution in [0.1, 0.15) is 21.5 Å². The summed E-state index contributed by atoms with van der Waals surface area (Å²) < 4.78 is 0. The van der Waals surface area contributed by atoms with E-state index < -0.39 is 0 Å². The Morgan fingerprint density at radius 3 is 2.25 bits per heavy atom. The lowest BCUT2D eigenvalue weighted by Crippen LogP contribution is -2.05. The highest BCUT2D eigenvalue weighted by Gasteiger charge is 2.14. The Balaban J connectivity index is 1.75. The van der Waals surface area contributed by atoms with Crippen LogP contribution in [0.3, 0.4) is 0 Å². The first-order chi connectivity index (χ1) is 13.7. The zero-order valence-corrected chi connectivity index (χ0v) is 15.8. The van der Waals surface area contributed by atoms with Crippen molar-refractivity contribution in [2.75, 3.05) is 0 Å². The van der Waals surface area contributed by atoms with Gasteiger partial charge in [0.2, 0.25) is 0 Å². The van der Waals surface area contributed by atoms with Crippen LogP contribution >= 0.6 is 0 Å². The van der Waals surface area contributed by atoms with E-state index >= 15 is 0 Å². The van der Waals surface area contributed by atoms with E-state index in [-0.39, 0.29) is 5.78 Å². The third-order valence-corrected chi connectivity index (χ3v) is 4.88. The van der Waals surface area contributed by atoms with Gasteiger partial charge < -0.3 is 0 Å². The molecule has 2 heteroatoms. The van der Waals surface area contributed by atoms with Gasteiger partial charge in [-0.1, -0.05) is 84.4 Å². The maximum Gasteiger partial charge on any atom is 0.167 e. The number of carbonyl (C=O) groups excluding carboxylic acids is 1. The molecule has 0 aliphatic rings. The summed E-state index contributed by atoms with van der Waals surface area (Å²) in [6.45, 7) is 2.02. The molecule has 0 saturated carbocycles. The van der Waals surface area contributed by atoms with Gasteiger partial charge in [0.1, 0.15) is 0 Å². The molecule has 0 bridgehead atoms. The van der Waals surface area contributed by atoms with Crippen molar-refractivity contribution in [3.63, 3.8) is 0 Å². The van der Waals surface area contributed by atoms with Crippen LogP contribution in [-0.2, 0) is 6.42 Å². The second-order valence-corrected chi connectivity index (χ2v) is 6.92. The van der Waals surface area contributed by atoms with E-state index in [1.165, 1.54) is 0 Å². The summed E-state index contributed by atoms with van der Waals surface area (Å²) in [4.78, 5) is 17.4. The van der Waals surface area contributed by atoms with Gasteiger partial charge in [0, 0.05) is 23.7 Å². The Bertz CT molecular complexity index is 1080. The summed E-state index contributed by atoms with van der Waals surface area (Å²) in [5.74, 6) is 0.113. The number of hydrogen-bond acceptors (Lipinski definition) is 2. The molecule has 0 aliphatic carbocycles. The second kappa shape index (κ2) is 8.01. The largest absolute Gasteiger partial charge is 0.294 e. The van der Waals surface area contributed by atoms with Gasteiger partial charge in [-0.05, 0) is 35.7 Å². The van der Waals surface area contributed by atoms with E-state index in [9.17, 15) is 4.79 Å². The molecule has 1 heterocycles. The highest BCUT2D eigenvalue weighted by molar-refractivity contribution is 5.98. The van der Waals surface area contributed by atoms with E-state index in [4.69, 9.17) is 0 Å². The minimum absolute atomic E-state index is 0.113. The number of benzene rings is 3. The molecule has 28 heavy (non-hydrogen) atoms. The van der Waals surface area contributed by atoms with Crippen LogP contribution in [0.2, 0.25) is 0 Å². The molecule has 4 aromatic rings. The molecule has 0 unspecified atom stereocenters. The van der Waals surface area contributed by atoms with Gasteiger partial charge >= 0.3 is 0 Å². The molecule has 0 amide bonds. The summed E-state index contributed by atoms with van der Waals surface area (Å²) >= 11 is 0. The Labute approximate surface area is 165 Å². The molecule has 0 spiro atoms. The Hall–Kier alpha value is -3.52. The number of carbonyl (C=O) groups is 1. The minimum atomic E-state index is 0.113. The van der Waals surface area contributed by atoms with Crippen LogP contribution < -0.4 is 0 Å². The van der Waals surface area contributed by atoms with Crippen molar-refractivity contribution in [3.05, 3.63) is 114 Å². The SMILES string of the molecule is Cc1ccc(C(=O)Cc2cc(-c3ccccc3)ccc2-c2ccccn2)cc1. The molecule has 136 valence electrons. The van der Waals surface area contributed by atoms with Crippen LogP contribution in [-0.4, -0.2) is 10.8 Å². The summed E-state index contributed by atoms with van der Waals surface area (Å²) in [5.41, 5.74) is 7.01. The van der Waals surface area contributed by atoms with Crippen molar-refractivity contribution < 1.29 is 4.79 Å². The summed E-state index contributed by atoms with van der Waals surface area (Å²) in [6, 6.07) is 30.1. The molecule has 0 fully saturated rings. The highest BCUT2D eigenvalue weighted by atomic mass is 16.1. The smallest absolute Gasteiger partial charge is 0.167 e. The summed E-state index contributed by atoms with van der Waals surface area (Å²) in [6.07, 6.45) is 2.13. The monoisotopic (exact) mass is 363 g/mol. The molecule has 0 saturated heterocycles. The molecule has 0 N–H and O–H groups in total. The predicted octanol–water partition coefficient (Wildman–Crippen LogP) is 6.15. The number of rotatable bonds is 5. The zero-order valence-electron chi connectivity index (χ0n) is 15.8. The van der Waals surface area contributed by atoms with Crippen LogP contribution in [0.15, 0.2) is 97.2 Å². The summed E-state index contributed by atoms with van der Waals surface area (Å²) in [7, 11) is 0. The van der Waals surface area contributed by atoms with Gasteiger partial charge in [-0.2, -0.15) is 0 Å². The quantitative estimate of drug-likeness (QED) is 0.398. The van der Waals surface area contributed by atoms with Gasteiger partial charge in [-0.3, -0.25) is 9.78 Å². The number of hydrogen-bond donors (Lipinski definition) is 0. The van der Waals surface area contributed by atoms with Gasteiger partial charge in [0.25, 0.3) is 0 Å². The fourth-order valence-corrected chi connectivity index (χ4v) is 3.34.